The Morgan fingerprint density at radius 2 is 0.694 bits per heavy atom. The van der Waals surface area contributed by atoms with Crippen molar-refractivity contribution < 1.29 is 25.2 Å². The fraction of sp³-hybridized carbons (Fsp3) is 0.308. The van der Waals surface area contributed by atoms with Gasteiger partial charge in [-0.15, -0.1) is 0 Å². The molecule has 3 aromatic carbocycles. The molecule has 36 heavy (non-hydrogen) atoms. The van der Waals surface area contributed by atoms with Crippen LogP contribution in [0.4, 0.5) is 0 Å². The fourth-order valence-corrected chi connectivity index (χ4v) is 5.74. The predicted molar refractivity (Wildman–Crippen MR) is 149 cm³/mol. The van der Waals surface area contributed by atoms with Gasteiger partial charge in [0.15, 0.2) is 0 Å². The van der Waals surface area contributed by atoms with Crippen LogP contribution in [0.1, 0.15) is 33.4 Å². The highest BCUT2D eigenvalue weighted by molar-refractivity contribution is 7.98. The van der Waals surface area contributed by atoms with Gasteiger partial charge in [0.1, 0.15) is 0 Å². The van der Waals surface area contributed by atoms with Gasteiger partial charge < -0.3 is 0 Å². The molecule has 0 N–H and O–H groups in total. The van der Waals surface area contributed by atoms with Crippen molar-refractivity contribution in [3.05, 3.63) is 106 Å². The summed E-state index contributed by atoms with van der Waals surface area (Å²) in [5, 5.41) is 0. The van der Waals surface area contributed by atoms with Crippen molar-refractivity contribution in [2.24, 2.45) is 0 Å². The minimum absolute atomic E-state index is 0.0614. The van der Waals surface area contributed by atoms with Crippen LogP contribution in [-0.4, -0.2) is 29.3 Å². The van der Waals surface area contributed by atoms with E-state index in [4.69, 9.17) is 8.37 Å². The van der Waals surface area contributed by atoms with Crippen LogP contribution in [0.25, 0.3) is 0 Å². The van der Waals surface area contributed by atoms with E-state index in [1.165, 1.54) is 22.3 Å². The normalized spacial score (nSPS) is 12.1. The molecule has 0 saturated heterocycles. The standard InChI is InChI=1S/C26H30O6S4/c1-35(27,28)31-15-21-3-7-23(8-4-21)17-33-19-25-11-13-26(14-12-25)20-34-18-24-9-5-22(6-10-24)16-32-36(2,29)30/h3-14H,15-20H2,1-2H3. The molecule has 6 nitrogen and oxygen atoms in total. The third-order valence-corrected chi connectivity index (χ3v) is 8.27. The summed E-state index contributed by atoms with van der Waals surface area (Å²) in [5.74, 6) is 3.59. The quantitative estimate of drug-likeness (QED) is 0.236. The minimum Gasteiger partial charge on any atom is -0.265 e. The Balaban J connectivity index is 1.35. The third kappa shape index (κ3) is 11.5. The lowest BCUT2D eigenvalue weighted by Crippen LogP contribution is -2.02. The first kappa shape index (κ1) is 28.7. The van der Waals surface area contributed by atoms with Gasteiger partial charge in [0, 0.05) is 23.0 Å². The van der Waals surface area contributed by atoms with Crippen LogP contribution in [0.15, 0.2) is 72.8 Å². The lowest BCUT2D eigenvalue weighted by Gasteiger charge is -2.07. The van der Waals surface area contributed by atoms with Gasteiger partial charge in [-0.3, -0.25) is 8.37 Å². The molecule has 0 amide bonds. The Hall–Kier alpha value is -1.82. The highest BCUT2D eigenvalue weighted by Gasteiger charge is 2.05. The number of benzene rings is 3. The molecule has 0 unspecified atom stereocenters. The summed E-state index contributed by atoms with van der Waals surface area (Å²) < 4.78 is 54.0. The highest BCUT2D eigenvalue weighted by atomic mass is 32.2. The van der Waals surface area contributed by atoms with Crippen LogP contribution in [0.3, 0.4) is 0 Å². The van der Waals surface area contributed by atoms with Gasteiger partial charge in [0.25, 0.3) is 20.2 Å². The van der Waals surface area contributed by atoms with Crippen LogP contribution in [0.2, 0.25) is 0 Å². The van der Waals surface area contributed by atoms with Crippen molar-refractivity contribution in [2.45, 2.75) is 36.2 Å². The van der Waals surface area contributed by atoms with Crippen LogP contribution in [-0.2, 0) is 64.8 Å². The average Bonchev–Trinajstić information content (AvgIpc) is 2.83. The summed E-state index contributed by atoms with van der Waals surface area (Å²) in [6, 6.07) is 24.3. The number of hydrogen-bond donors (Lipinski definition) is 0. The Kier molecular flexibility index (Phi) is 10.9. The van der Waals surface area contributed by atoms with Gasteiger partial charge >= 0.3 is 0 Å². The summed E-state index contributed by atoms with van der Waals surface area (Å²) in [6.45, 7) is 0.123. The summed E-state index contributed by atoms with van der Waals surface area (Å²) in [7, 11) is -6.86. The molecule has 0 radical (unpaired) electrons. The molecular weight excluding hydrogens is 537 g/mol. The minimum atomic E-state index is -3.43. The predicted octanol–water partition coefficient (Wildman–Crippen LogP) is 5.51. The number of thioether (sulfide) groups is 2. The second-order valence-corrected chi connectivity index (χ2v) is 13.6. The maximum atomic E-state index is 11.1. The molecule has 3 aromatic rings. The Labute approximate surface area is 223 Å². The zero-order valence-corrected chi connectivity index (χ0v) is 23.5. The van der Waals surface area contributed by atoms with Gasteiger partial charge in [-0.1, -0.05) is 72.8 Å². The van der Waals surface area contributed by atoms with Crippen molar-refractivity contribution in [1.82, 2.24) is 0 Å². The van der Waals surface area contributed by atoms with Crippen molar-refractivity contribution >= 4 is 43.8 Å². The van der Waals surface area contributed by atoms with Crippen LogP contribution in [0.5, 0.6) is 0 Å². The van der Waals surface area contributed by atoms with Crippen molar-refractivity contribution in [3.63, 3.8) is 0 Å². The first-order valence-electron chi connectivity index (χ1n) is 11.1. The summed E-state index contributed by atoms with van der Waals surface area (Å²) in [5.41, 5.74) is 6.59. The summed E-state index contributed by atoms with van der Waals surface area (Å²) in [4.78, 5) is 0. The second kappa shape index (κ2) is 13.6. The molecule has 0 atom stereocenters. The van der Waals surface area contributed by atoms with E-state index >= 15 is 0 Å². The number of rotatable bonds is 14. The van der Waals surface area contributed by atoms with Gasteiger partial charge in [-0.25, -0.2) is 0 Å². The molecule has 0 saturated carbocycles. The van der Waals surface area contributed by atoms with Gasteiger partial charge in [0.2, 0.25) is 0 Å². The monoisotopic (exact) mass is 566 g/mol. The third-order valence-electron chi connectivity index (χ3n) is 5.02. The Bertz CT molecular complexity index is 1200. The molecule has 0 aliphatic rings. The molecule has 0 heterocycles. The van der Waals surface area contributed by atoms with E-state index in [1.807, 2.05) is 72.1 Å². The van der Waals surface area contributed by atoms with Crippen LogP contribution < -0.4 is 0 Å². The average molecular weight is 567 g/mol. The molecular formula is C26H30O6S4. The van der Waals surface area contributed by atoms with E-state index in [2.05, 4.69) is 24.3 Å². The van der Waals surface area contributed by atoms with Crippen molar-refractivity contribution in [2.75, 3.05) is 12.5 Å². The molecule has 194 valence electrons. The molecule has 0 aliphatic carbocycles. The largest absolute Gasteiger partial charge is 0.265 e. The van der Waals surface area contributed by atoms with Gasteiger partial charge in [0.05, 0.1) is 25.7 Å². The molecule has 0 bridgehead atoms. The SMILES string of the molecule is CS(=O)(=O)OCc1ccc(CSCc2ccc(CSCc3ccc(COS(C)(=O)=O)cc3)cc2)cc1. The van der Waals surface area contributed by atoms with Crippen molar-refractivity contribution in [3.8, 4) is 0 Å². The first-order chi connectivity index (χ1) is 17.1. The van der Waals surface area contributed by atoms with Gasteiger partial charge in [-0.05, 0) is 33.4 Å². The number of hydrogen-bond acceptors (Lipinski definition) is 8. The Morgan fingerprint density at radius 3 is 0.917 bits per heavy atom. The second-order valence-electron chi connectivity index (χ2n) is 8.37. The summed E-state index contributed by atoms with van der Waals surface area (Å²) >= 11 is 3.67. The molecule has 0 aromatic heterocycles. The van der Waals surface area contributed by atoms with Gasteiger partial charge in [-0.2, -0.15) is 40.4 Å². The molecule has 0 aliphatic heterocycles. The van der Waals surface area contributed by atoms with E-state index in [9.17, 15) is 16.8 Å². The summed E-state index contributed by atoms with van der Waals surface area (Å²) in [6.07, 6.45) is 2.10. The molecule has 0 spiro atoms. The van der Waals surface area contributed by atoms with Crippen molar-refractivity contribution in [1.29, 1.82) is 0 Å². The van der Waals surface area contributed by atoms with E-state index in [0.717, 1.165) is 46.6 Å². The zero-order chi connectivity index (χ0) is 26.0. The molecule has 10 heteroatoms. The first-order valence-corrected chi connectivity index (χ1v) is 17.1. The molecule has 0 fully saturated rings. The van der Waals surface area contributed by atoms with Crippen LogP contribution in [0, 0.1) is 0 Å². The zero-order valence-electron chi connectivity index (χ0n) is 20.3. The molecule has 3 rings (SSSR count). The van der Waals surface area contributed by atoms with E-state index in [-0.39, 0.29) is 13.2 Å². The topological polar surface area (TPSA) is 86.7 Å². The maximum Gasteiger partial charge on any atom is 0.264 e. The lowest BCUT2D eigenvalue weighted by atomic mass is 10.2. The van der Waals surface area contributed by atoms with E-state index in [1.54, 1.807) is 0 Å². The smallest absolute Gasteiger partial charge is 0.264 e. The maximum absolute atomic E-state index is 11.1. The van der Waals surface area contributed by atoms with E-state index in [0.29, 0.717) is 0 Å². The van der Waals surface area contributed by atoms with Crippen LogP contribution >= 0.6 is 23.5 Å². The lowest BCUT2D eigenvalue weighted by molar-refractivity contribution is 0.311. The Morgan fingerprint density at radius 1 is 0.472 bits per heavy atom. The fourth-order valence-electron chi connectivity index (χ4n) is 3.12. The highest BCUT2D eigenvalue weighted by Crippen LogP contribution is 2.22. The van der Waals surface area contributed by atoms with E-state index < -0.39 is 20.2 Å².